The highest BCUT2D eigenvalue weighted by molar-refractivity contribution is 9.10. The topological polar surface area (TPSA) is 86.0 Å². The fourth-order valence-electron chi connectivity index (χ4n) is 3.64. The van der Waals surface area contributed by atoms with Gasteiger partial charge in [0.25, 0.3) is 11.5 Å². The minimum absolute atomic E-state index is 0.0400. The molecule has 4 rings (SSSR count). The zero-order valence-corrected chi connectivity index (χ0v) is 20.8. The highest BCUT2D eigenvalue weighted by Gasteiger charge is 2.17. The Morgan fingerprint density at radius 1 is 1.26 bits per heavy atom. The van der Waals surface area contributed by atoms with Crippen molar-refractivity contribution >= 4 is 39.0 Å². The number of rotatable bonds is 7. The van der Waals surface area contributed by atoms with Gasteiger partial charge in [-0.25, -0.2) is 4.98 Å². The van der Waals surface area contributed by atoms with Crippen molar-refractivity contribution in [2.45, 2.75) is 26.2 Å². The van der Waals surface area contributed by atoms with Crippen LogP contribution in [-0.2, 0) is 9.53 Å². The van der Waals surface area contributed by atoms with Crippen molar-refractivity contribution in [3.8, 4) is 5.75 Å². The molecule has 3 aromatic rings. The molecule has 0 spiro atoms. The molecular formula is C25H27BrN4O4. The molecule has 1 amide bonds. The van der Waals surface area contributed by atoms with Crippen molar-refractivity contribution in [1.29, 1.82) is 0 Å². The van der Waals surface area contributed by atoms with Gasteiger partial charge < -0.3 is 14.4 Å². The summed E-state index contributed by atoms with van der Waals surface area (Å²) in [7, 11) is 0. The Morgan fingerprint density at radius 2 is 2.06 bits per heavy atom. The predicted octanol–water partition coefficient (Wildman–Crippen LogP) is 3.79. The van der Waals surface area contributed by atoms with Gasteiger partial charge in [0.05, 0.1) is 30.3 Å². The van der Waals surface area contributed by atoms with E-state index in [0.717, 1.165) is 16.5 Å². The molecule has 8 nitrogen and oxygen atoms in total. The van der Waals surface area contributed by atoms with Crippen LogP contribution in [0.25, 0.3) is 10.9 Å². The number of nitrogens with zero attached hydrogens (tertiary/aromatic N) is 4. The van der Waals surface area contributed by atoms with Crippen LogP contribution in [0, 0.1) is 0 Å². The first kappa shape index (κ1) is 24.1. The molecule has 1 atom stereocenters. The van der Waals surface area contributed by atoms with E-state index in [4.69, 9.17) is 14.5 Å². The van der Waals surface area contributed by atoms with Crippen molar-refractivity contribution in [2.75, 3.05) is 32.9 Å². The third-order valence-electron chi connectivity index (χ3n) is 5.79. The molecule has 0 bridgehead atoms. The molecule has 0 aliphatic carbocycles. The van der Waals surface area contributed by atoms with Crippen molar-refractivity contribution < 1.29 is 14.3 Å². The molecule has 0 N–H and O–H groups in total. The molecule has 178 valence electrons. The van der Waals surface area contributed by atoms with Gasteiger partial charge >= 0.3 is 0 Å². The number of hydrogen-bond donors (Lipinski definition) is 0. The lowest BCUT2D eigenvalue weighted by Crippen LogP contribution is -2.42. The lowest BCUT2D eigenvalue weighted by Gasteiger charge is -2.26. The Bertz CT molecular complexity index is 1270. The summed E-state index contributed by atoms with van der Waals surface area (Å²) in [6.45, 7) is 6.30. The molecule has 2 aromatic carbocycles. The Morgan fingerprint density at radius 3 is 2.82 bits per heavy atom. The van der Waals surface area contributed by atoms with Crippen LogP contribution in [0.2, 0.25) is 0 Å². The maximum Gasteiger partial charge on any atom is 0.282 e. The summed E-state index contributed by atoms with van der Waals surface area (Å²) >= 11 is 3.42. The zero-order valence-electron chi connectivity index (χ0n) is 19.2. The highest BCUT2D eigenvalue weighted by Crippen LogP contribution is 2.21. The second-order valence-corrected chi connectivity index (χ2v) is 9.07. The van der Waals surface area contributed by atoms with Crippen molar-refractivity contribution in [2.24, 2.45) is 5.10 Å². The van der Waals surface area contributed by atoms with Crippen LogP contribution in [0.1, 0.15) is 37.6 Å². The van der Waals surface area contributed by atoms with Crippen molar-refractivity contribution in [3.05, 3.63) is 68.7 Å². The molecule has 1 aliphatic rings. The quantitative estimate of drug-likeness (QED) is 0.437. The van der Waals surface area contributed by atoms with Crippen LogP contribution in [0.3, 0.4) is 0 Å². The van der Waals surface area contributed by atoms with E-state index in [1.54, 1.807) is 29.3 Å². The van der Waals surface area contributed by atoms with Gasteiger partial charge in [-0.15, -0.1) is 0 Å². The van der Waals surface area contributed by atoms with Gasteiger partial charge in [0.15, 0.2) is 6.61 Å². The van der Waals surface area contributed by atoms with E-state index >= 15 is 0 Å². The number of benzene rings is 2. The van der Waals surface area contributed by atoms with Gasteiger partial charge in [-0.1, -0.05) is 41.9 Å². The third kappa shape index (κ3) is 5.53. The van der Waals surface area contributed by atoms with Gasteiger partial charge in [0.2, 0.25) is 0 Å². The Labute approximate surface area is 206 Å². The van der Waals surface area contributed by atoms with Crippen molar-refractivity contribution in [1.82, 2.24) is 14.6 Å². The average molecular weight is 527 g/mol. The normalized spacial score (nSPS) is 15.1. The number of aromatic nitrogens is 2. The van der Waals surface area contributed by atoms with E-state index in [0.29, 0.717) is 48.8 Å². The van der Waals surface area contributed by atoms with Gasteiger partial charge in [0, 0.05) is 23.5 Å². The van der Waals surface area contributed by atoms with Crippen LogP contribution < -0.4 is 10.3 Å². The first-order valence-corrected chi connectivity index (χ1v) is 12.1. The van der Waals surface area contributed by atoms with Gasteiger partial charge in [-0.05, 0) is 42.3 Å². The summed E-state index contributed by atoms with van der Waals surface area (Å²) in [6.07, 6.45) is 2.43. The number of morpholine rings is 1. The number of hydrogen-bond acceptors (Lipinski definition) is 6. The van der Waals surface area contributed by atoms with Crippen LogP contribution in [0.4, 0.5) is 0 Å². The molecule has 9 heteroatoms. The number of halogens is 1. The molecule has 1 saturated heterocycles. The minimum Gasteiger partial charge on any atom is -0.484 e. The molecule has 0 radical (unpaired) electrons. The zero-order chi connectivity index (χ0) is 24.1. The van der Waals surface area contributed by atoms with Gasteiger partial charge in [-0.2, -0.15) is 9.78 Å². The van der Waals surface area contributed by atoms with E-state index in [1.165, 1.54) is 4.68 Å². The summed E-state index contributed by atoms with van der Waals surface area (Å²) in [5.41, 5.74) is 1.17. The average Bonchev–Trinajstić information content (AvgIpc) is 2.87. The van der Waals surface area contributed by atoms with E-state index in [-0.39, 0.29) is 24.0 Å². The van der Waals surface area contributed by atoms with E-state index in [2.05, 4.69) is 28.0 Å². The van der Waals surface area contributed by atoms with Crippen LogP contribution in [0.15, 0.2) is 56.8 Å². The smallest absolute Gasteiger partial charge is 0.282 e. The fourth-order valence-corrected chi connectivity index (χ4v) is 4.00. The number of ether oxygens (including phenoxy) is 2. The molecule has 34 heavy (non-hydrogen) atoms. The Hall–Kier alpha value is -3.04. The standard InChI is InChI=1S/C25H27BrN4O4/c1-3-17(2)24-28-22-8-7-19(26)14-21(22)25(32)30(24)27-15-18-5-4-6-20(13-18)34-16-23(31)29-9-11-33-12-10-29/h4-8,13-15,17H,3,9-12,16H2,1-2H3/t17-/m0/s1. The van der Waals surface area contributed by atoms with Gasteiger partial charge in [-0.3, -0.25) is 9.59 Å². The molecule has 1 aromatic heterocycles. The lowest BCUT2D eigenvalue weighted by atomic mass is 10.1. The first-order valence-electron chi connectivity index (χ1n) is 11.3. The molecule has 1 aliphatic heterocycles. The Kier molecular flexibility index (Phi) is 7.74. The lowest BCUT2D eigenvalue weighted by molar-refractivity contribution is -0.137. The number of fused-ring (bicyclic) bond motifs is 1. The van der Waals surface area contributed by atoms with E-state index in [9.17, 15) is 9.59 Å². The minimum atomic E-state index is -0.221. The predicted molar refractivity (Wildman–Crippen MR) is 135 cm³/mol. The molecule has 2 heterocycles. The summed E-state index contributed by atoms with van der Waals surface area (Å²) in [6, 6.07) is 12.7. The second kappa shape index (κ2) is 10.9. The Balaban J connectivity index is 1.57. The number of carbonyl (C=O) groups excluding carboxylic acids is 1. The van der Waals surface area contributed by atoms with E-state index in [1.807, 2.05) is 31.2 Å². The van der Waals surface area contributed by atoms with Crippen LogP contribution in [-0.4, -0.2) is 59.6 Å². The third-order valence-corrected chi connectivity index (χ3v) is 6.29. The van der Waals surface area contributed by atoms with Crippen molar-refractivity contribution in [3.63, 3.8) is 0 Å². The number of amides is 1. The maximum absolute atomic E-state index is 13.3. The summed E-state index contributed by atoms with van der Waals surface area (Å²) in [5, 5.41) is 4.99. The number of carbonyl (C=O) groups is 1. The van der Waals surface area contributed by atoms with Crippen LogP contribution >= 0.6 is 15.9 Å². The maximum atomic E-state index is 13.3. The SMILES string of the molecule is CC[C@H](C)c1nc2ccc(Br)cc2c(=O)n1N=Cc1cccc(OCC(=O)N2CCOCC2)c1. The monoisotopic (exact) mass is 526 g/mol. The fraction of sp³-hybridized carbons (Fsp3) is 0.360. The largest absolute Gasteiger partial charge is 0.484 e. The molecular weight excluding hydrogens is 500 g/mol. The molecule has 1 fully saturated rings. The summed E-state index contributed by atoms with van der Waals surface area (Å²) in [5.74, 6) is 1.15. The summed E-state index contributed by atoms with van der Waals surface area (Å²) in [4.78, 5) is 32.0. The van der Waals surface area contributed by atoms with E-state index < -0.39 is 0 Å². The molecule has 0 unspecified atom stereocenters. The highest BCUT2D eigenvalue weighted by atomic mass is 79.9. The first-order chi connectivity index (χ1) is 16.5. The summed E-state index contributed by atoms with van der Waals surface area (Å²) < 4.78 is 13.2. The second-order valence-electron chi connectivity index (χ2n) is 8.16. The van der Waals surface area contributed by atoms with Gasteiger partial charge in [0.1, 0.15) is 11.6 Å². The van der Waals surface area contributed by atoms with Crippen LogP contribution in [0.5, 0.6) is 5.75 Å². The molecule has 0 saturated carbocycles.